The van der Waals surface area contributed by atoms with Crippen LogP contribution in [0.1, 0.15) is 36.9 Å². The monoisotopic (exact) mass is 392 g/mol. The number of rotatable bonds is 6. The van der Waals surface area contributed by atoms with Crippen molar-refractivity contribution in [3.8, 4) is 5.75 Å². The van der Waals surface area contributed by atoms with E-state index >= 15 is 0 Å². The molecule has 0 aliphatic carbocycles. The lowest BCUT2D eigenvalue weighted by atomic mass is 9.87. The molecule has 0 aliphatic heterocycles. The largest absolute Gasteiger partial charge is 0.484 e. The predicted molar refractivity (Wildman–Crippen MR) is 112 cm³/mol. The van der Waals surface area contributed by atoms with Crippen LogP contribution >= 0.6 is 0 Å². The maximum Gasteiger partial charge on any atom is 0.291 e. The van der Waals surface area contributed by atoms with Gasteiger partial charge < -0.3 is 19.8 Å². The number of carbonyl (C=O) groups excluding carboxylic acids is 2. The summed E-state index contributed by atoms with van der Waals surface area (Å²) in [5.74, 6) is 0.192. The Morgan fingerprint density at radius 3 is 2.24 bits per heavy atom. The second kappa shape index (κ2) is 8.65. The van der Waals surface area contributed by atoms with Gasteiger partial charge in [-0.1, -0.05) is 39.0 Å². The highest BCUT2D eigenvalue weighted by Gasteiger charge is 2.13. The van der Waals surface area contributed by atoms with Crippen LogP contribution in [0.2, 0.25) is 0 Å². The van der Waals surface area contributed by atoms with Crippen molar-refractivity contribution < 1.29 is 18.7 Å². The zero-order valence-corrected chi connectivity index (χ0v) is 16.7. The number of nitrogens with one attached hydrogen (secondary N) is 2. The van der Waals surface area contributed by atoms with Gasteiger partial charge in [0, 0.05) is 11.4 Å². The lowest BCUT2D eigenvalue weighted by Crippen LogP contribution is -2.20. The molecule has 3 aromatic rings. The fourth-order valence-electron chi connectivity index (χ4n) is 2.67. The van der Waals surface area contributed by atoms with E-state index in [1.807, 2.05) is 24.3 Å². The van der Waals surface area contributed by atoms with E-state index in [-0.39, 0.29) is 29.6 Å². The fourth-order valence-corrected chi connectivity index (χ4v) is 2.67. The highest BCUT2D eigenvalue weighted by molar-refractivity contribution is 6.02. The average molecular weight is 392 g/mol. The summed E-state index contributed by atoms with van der Waals surface area (Å²) in [6, 6.07) is 17.8. The second-order valence-electron chi connectivity index (χ2n) is 7.62. The van der Waals surface area contributed by atoms with Crippen molar-refractivity contribution in [1.82, 2.24) is 0 Å². The summed E-state index contributed by atoms with van der Waals surface area (Å²) < 4.78 is 10.6. The van der Waals surface area contributed by atoms with E-state index in [1.54, 1.807) is 36.4 Å². The lowest BCUT2D eigenvalue weighted by Gasteiger charge is -2.19. The Bertz CT molecular complexity index is 971. The first-order valence-electron chi connectivity index (χ1n) is 9.29. The highest BCUT2D eigenvalue weighted by atomic mass is 16.5. The van der Waals surface area contributed by atoms with Crippen LogP contribution in [-0.2, 0) is 10.2 Å². The van der Waals surface area contributed by atoms with Gasteiger partial charge in [0.25, 0.3) is 11.8 Å². The van der Waals surface area contributed by atoms with E-state index in [2.05, 4.69) is 31.4 Å². The number of furan rings is 1. The molecule has 29 heavy (non-hydrogen) atoms. The number of amides is 2. The number of hydrogen-bond acceptors (Lipinski definition) is 4. The lowest BCUT2D eigenvalue weighted by molar-refractivity contribution is -0.118. The molecule has 0 aliphatic rings. The molecule has 0 atom stereocenters. The summed E-state index contributed by atoms with van der Waals surface area (Å²) >= 11 is 0. The molecule has 1 heterocycles. The molecule has 3 rings (SSSR count). The number of anilines is 2. The highest BCUT2D eigenvalue weighted by Crippen LogP contribution is 2.24. The minimum atomic E-state index is -0.361. The third-order valence-corrected chi connectivity index (χ3v) is 4.24. The molecule has 0 saturated heterocycles. The summed E-state index contributed by atoms with van der Waals surface area (Å²) in [6.45, 7) is 6.31. The van der Waals surface area contributed by atoms with Crippen LogP contribution in [0.15, 0.2) is 71.3 Å². The maximum atomic E-state index is 12.2. The number of carbonyl (C=O) groups is 2. The molecule has 0 unspecified atom stereocenters. The first-order valence-corrected chi connectivity index (χ1v) is 9.29. The van der Waals surface area contributed by atoms with E-state index in [9.17, 15) is 9.59 Å². The minimum Gasteiger partial charge on any atom is -0.484 e. The van der Waals surface area contributed by atoms with Crippen molar-refractivity contribution in [2.24, 2.45) is 0 Å². The predicted octanol–water partition coefficient (Wildman–Crippen LogP) is 4.85. The van der Waals surface area contributed by atoms with Crippen molar-refractivity contribution in [1.29, 1.82) is 0 Å². The Kier molecular flexibility index (Phi) is 6.02. The summed E-state index contributed by atoms with van der Waals surface area (Å²) in [4.78, 5) is 24.2. The van der Waals surface area contributed by atoms with Gasteiger partial charge in [-0.3, -0.25) is 9.59 Å². The van der Waals surface area contributed by atoms with Crippen LogP contribution in [0.25, 0.3) is 0 Å². The quantitative estimate of drug-likeness (QED) is 0.629. The molecule has 0 fully saturated rings. The molecule has 2 amide bonds. The number of ether oxygens (including phenoxy) is 1. The summed E-state index contributed by atoms with van der Waals surface area (Å²) in [7, 11) is 0. The van der Waals surface area contributed by atoms with E-state index in [0.717, 1.165) is 0 Å². The molecule has 150 valence electrons. The number of hydrogen-bond donors (Lipinski definition) is 2. The van der Waals surface area contributed by atoms with Gasteiger partial charge in [-0.15, -0.1) is 0 Å². The molecule has 6 heteroatoms. The fraction of sp³-hybridized carbons (Fsp3) is 0.217. The van der Waals surface area contributed by atoms with Crippen molar-refractivity contribution >= 4 is 23.2 Å². The average Bonchev–Trinajstić information content (AvgIpc) is 3.21. The Morgan fingerprint density at radius 1 is 0.931 bits per heavy atom. The molecule has 2 aromatic carbocycles. The summed E-state index contributed by atoms with van der Waals surface area (Å²) in [5, 5.41) is 5.48. The van der Waals surface area contributed by atoms with Crippen molar-refractivity contribution in [3.63, 3.8) is 0 Å². The number of benzene rings is 2. The van der Waals surface area contributed by atoms with Crippen LogP contribution < -0.4 is 15.4 Å². The van der Waals surface area contributed by atoms with Gasteiger partial charge in [-0.2, -0.15) is 0 Å². The molecule has 2 N–H and O–H groups in total. The molecule has 1 aromatic heterocycles. The Morgan fingerprint density at radius 2 is 1.62 bits per heavy atom. The van der Waals surface area contributed by atoms with Gasteiger partial charge in [0.05, 0.1) is 6.26 Å². The molecule has 0 spiro atoms. The van der Waals surface area contributed by atoms with Gasteiger partial charge in [0.15, 0.2) is 12.4 Å². The van der Waals surface area contributed by atoms with Gasteiger partial charge in [0.2, 0.25) is 0 Å². The Hall–Kier alpha value is -3.54. The SMILES string of the molecule is CC(C)(C)c1ccc(OCC(=O)Nc2cccc(NC(=O)c3ccco3)c2)cc1. The first-order chi connectivity index (χ1) is 13.8. The third-order valence-electron chi connectivity index (χ3n) is 4.24. The van der Waals surface area contributed by atoms with Crippen LogP contribution in [0, 0.1) is 0 Å². The zero-order chi connectivity index (χ0) is 20.9. The van der Waals surface area contributed by atoms with Crippen LogP contribution in [0.3, 0.4) is 0 Å². The normalized spacial score (nSPS) is 11.0. The van der Waals surface area contributed by atoms with Gasteiger partial charge in [-0.05, 0) is 53.4 Å². The molecule has 6 nitrogen and oxygen atoms in total. The Labute approximate surface area is 169 Å². The van der Waals surface area contributed by atoms with E-state index in [1.165, 1.54) is 11.8 Å². The first kappa shape index (κ1) is 20.2. The maximum absolute atomic E-state index is 12.2. The molecule has 0 saturated carbocycles. The topological polar surface area (TPSA) is 80.6 Å². The molecule has 0 radical (unpaired) electrons. The Balaban J connectivity index is 1.53. The van der Waals surface area contributed by atoms with Crippen molar-refractivity contribution in [2.75, 3.05) is 17.2 Å². The zero-order valence-electron chi connectivity index (χ0n) is 16.7. The minimum absolute atomic E-state index is 0.0628. The van der Waals surface area contributed by atoms with Crippen LogP contribution in [-0.4, -0.2) is 18.4 Å². The second-order valence-corrected chi connectivity index (χ2v) is 7.62. The standard InChI is InChI=1S/C23H24N2O4/c1-23(2,3)16-9-11-19(12-10-16)29-15-21(26)24-17-6-4-7-18(14-17)25-22(27)20-8-5-13-28-20/h4-14H,15H2,1-3H3,(H,24,26)(H,25,27). The summed E-state index contributed by atoms with van der Waals surface area (Å²) in [5.41, 5.74) is 2.36. The van der Waals surface area contributed by atoms with Gasteiger partial charge in [0.1, 0.15) is 5.75 Å². The van der Waals surface area contributed by atoms with Crippen LogP contribution in [0.5, 0.6) is 5.75 Å². The van der Waals surface area contributed by atoms with Crippen molar-refractivity contribution in [3.05, 3.63) is 78.3 Å². The van der Waals surface area contributed by atoms with E-state index in [4.69, 9.17) is 9.15 Å². The van der Waals surface area contributed by atoms with Gasteiger partial charge in [-0.25, -0.2) is 0 Å². The van der Waals surface area contributed by atoms with Crippen LogP contribution in [0.4, 0.5) is 11.4 Å². The molecular weight excluding hydrogens is 368 g/mol. The molecular formula is C23H24N2O4. The third kappa shape index (κ3) is 5.72. The smallest absolute Gasteiger partial charge is 0.291 e. The van der Waals surface area contributed by atoms with Gasteiger partial charge >= 0.3 is 0 Å². The molecule has 0 bridgehead atoms. The summed E-state index contributed by atoms with van der Waals surface area (Å²) in [6.07, 6.45) is 1.43. The van der Waals surface area contributed by atoms with E-state index in [0.29, 0.717) is 17.1 Å². The van der Waals surface area contributed by atoms with E-state index < -0.39 is 0 Å². The van der Waals surface area contributed by atoms with Crippen molar-refractivity contribution in [2.45, 2.75) is 26.2 Å².